The number of aromatic nitrogens is 1. The monoisotopic (exact) mass is 420 g/mol. The van der Waals surface area contributed by atoms with Crippen molar-refractivity contribution < 1.29 is 9.84 Å². The van der Waals surface area contributed by atoms with Crippen LogP contribution in [-0.4, -0.2) is 31.3 Å². The highest BCUT2D eigenvalue weighted by molar-refractivity contribution is 6.34. The summed E-state index contributed by atoms with van der Waals surface area (Å²) in [6.07, 6.45) is 0. The Morgan fingerprint density at radius 3 is 2.40 bits per heavy atom. The van der Waals surface area contributed by atoms with E-state index in [4.69, 9.17) is 16.3 Å². The van der Waals surface area contributed by atoms with Gasteiger partial charge in [-0.1, -0.05) is 35.9 Å². The van der Waals surface area contributed by atoms with Crippen LogP contribution in [0.25, 0.3) is 33.2 Å². The van der Waals surface area contributed by atoms with Gasteiger partial charge in [0.2, 0.25) is 0 Å². The summed E-state index contributed by atoms with van der Waals surface area (Å²) in [4.78, 5) is 17.6. The number of halogens is 1. The van der Waals surface area contributed by atoms with Gasteiger partial charge in [-0.2, -0.15) is 0 Å². The maximum Gasteiger partial charge on any atom is 0.260 e. The number of H-pyrrole nitrogens is 1. The first-order valence-corrected chi connectivity index (χ1v) is 9.77. The molecule has 0 aliphatic rings. The fourth-order valence-corrected chi connectivity index (χ4v) is 3.78. The molecule has 1 heterocycles. The third kappa shape index (κ3) is 3.48. The molecular formula is C24H21ClN2O3. The first-order chi connectivity index (χ1) is 14.4. The number of hydrogen-bond donors (Lipinski definition) is 2. The average Bonchev–Trinajstić information content (AvgIpc) is 2.73. The van der Waals surface area contributed by atoms with Gasteiger partial charge in [-0.15, -0.1) is 0 Å². The van der Waals surface area contributed by atoms with E-state index >= 15 is 0 Å². The summed E-state index contributed by atoms with van der Waals surface area (Å²) >= 11 is 6.51. The molecule has 0 aliphatic carbocycles. The number of hydrogen-bond acceptors (Lipinski definition) is 4. The molecule has 5 nitrogen and oxygen atoms in total. The van der Waals surface area contributed by atoms with Crippen molar-refractivity contribution in [2.45, 2.75) is 0 Å². The zero-order valence-electron chi connectivity index (χ0n) is 16.9. The molecule has 3 aromatic carbocycles. The maximum atomic E-state index is 12.7. The number of methoxy groups -OCH3 is 1. The summed E-state index contributed by atoms with van der Waals surface area (Å²) in [6, 6.07) is 18.5. The van der Waals surface area contributed by atoms with Gasteiger partial charge in [0.1, 0.15) is 11.5 Å². The predicted molar refractivity (Wildman–Crippen MR) is 123 cm³/mol. The number of rotatable bonds is 4. The highest BCUT2D eigenvalue weighted by Gasteiger charge is 2.17. The fraction of sp³-hybridized carbons (Fsp3) is 0.125. The molecule has 30 heavy (non-hydrogen) atoms. The minimum Gasteiger partial charge on any atom is -0.506 e. The Labute approximate surface area is 179 Å². The SMILES string of the molecule is COc1cccc(-c2c(O)c3cc(-c4ccc(N(C)C)cc4)c(Cl)cc3[nH]c2=O)c1. The van der Waals surface area contributed by atoms with Crippen LogP contribution in [0.4, 0.5) is 5.69 Å². The number of nitrogens with zero attached hydrogens (tertiary/aromatic N) is 1. The molecule has 0 fully saturated rings. The van der Waals surface area contributed by atoms with Gasteiger partial charge >= 0.3 is 0 Å². The number of nitrogens with one attached hydrogen (secondary N) is 1. The van der Waals surface area contributed by atoms with E-state index in [1.54, 1.807) is 43.5 Å². The van der Waals surface area contributed by atoms with Crippen molar-refractivity contribution in [2.75, 3.05) is 26.1 Å². The molecule has 0 bridgehead atoms. The molecule has 0 spiro atoms. The summed E-state index contributed by atoms with van der Waals surface area (Å²) in [7, 11) is 5.51. The van der Waals surface area contributed by atoms with Gasteiger partial charge in [0.25, 0.3) is 5.56 Å². The smallest absolute Gasteiger partial charge is 0.260 e. The zero-order valence-corrected chi connectivity index (χ0v) is 17.6. The summed E-state index contributed by atoms with van der Waals surface area (Å²) in [5.74, 6) is 0.508. The first kappa shape index (κ1) is 19.9. The van der Waals surface area contributed by atoms with Gasteiger partial charge in [0, 0.05) is 30.7 Å². The molecule has 0 amide bonds. The van der Waals surface area contributed by atoms with Crippen LogP contribution in [0.3, 0.4) is 0 Å². The average molecular weight is 421 g/mol. The number of pyridine rings is 1. The quantitative estimate of drug-likeness (QED) is 0.470. The van der Waals surface area contributed by atoms with E-state index in [2.05, 4.69) is 4.98 Å². The number of ether oxygens (including phenoxy) is 1. The van der Waals surface area contributed by atoms with E-state index in [9.17, 15) is 9.90 Å². The fourth-order valence-electron chi connectivity index (χ4n) is 3.51. The van der Waals surface area contributed by atoms with Gasteiger partial charge in [-0.3, -0.25) is 4.79 Å². The molecular weight excluding hydrogens is 400 g/mol. The highest BCUT2D eigenvalue weighted by Crippen LogP contribution is 2.38. The largest absolute Gasteiger partial charge is 0.506 e. The van der Waals surface area contributed by atoms with Gasteiger partial charge in [0.15, 0.2) is 0 Å². The summed E-state index contributed by atoms with van der Waals surface area (Å²) in [6.45, 7) is 0. The van der Waals surface area contributed by atoms with Crippen LogP contribution in [0.1, 0.15) is 0 Å². The second-order valence-corrected chi connectivity index (χ2v) is 7.64. The lowest BCUT2D eigenvalue weighted by molar-refractivity contribution is 0.415. The van der Waals surface area contributed by atoms with E-state index < -0.39 is 5.56 Å². The van der Waals surface area contributed by atoms with Gasteiger partial charge in [0.05, 0.1) is 23.2 Å². The summed E-state index contributed by atoms with van der Waals surface area (Å²) in [5, 5.41) is 12.0. The second-order valence-electron chi connectivity index (χ2n) is 7.23. The minimum absolute atomic E-state index is 0.0927. The van der Waals surface area contributed by atoms with Crippen LogP contribution in [0.2, 0.25) is 5.02 Å². The standard InChI is InChI=1S/C24H21ClN2O3/c1-27(2)16-9-7-14(8-10-16)18-12-19-21(13-20(18)25)26-24(29)22(23(19)28)15-5-4-6-17(11-15)30-3/h4-13H,1-3H3,(H2,26,28,29). The molecule has 0 radical (unpaired) electrons. The van der Waals surface area contributed by atoms with Crippen molar-refractivity contribution in [1.82, 2.24) is 4.98 Å². The van der Waals surface area contributed by atoms with Crippen LogP contribution in [-0.2, 0) is 0 Å². The molecule has 0 aliphatic heterocycles. The van der Waals surface area contributed by atoms with E-state index in [1.165, 1.54) is 0 Å². The first-order valence-electron chi connectivity index (χ1n) is 9.39. The van der Waals surface area contributed by atoms with Gasteiger partial charge in [-0.05, 0) is 47.5 Å². The third-order valence-corrected chi connectivity index (χ3v) is 5.44. The van der Waals surface area contributed by atoms with Crippen molar-refractivity contribution >= 4 is 28.2 Å². The van der Waals surface area contributed by atoms with Crippen molar-refractivity contribution in [1.29, 1.82) is 0 Å². The molecule has 0 unspecified atom stereocenters. The molecule has 2 N–H and O–H groups in total. The number of aromatic amines is 1. The Morgan fingerprint density at radius 1 is 1.00 bits per heavy atom. The third-order valence-electron chi connectivity index (χ3n) is 5.13. The van der Waals surface area contributed by atoms with E-state index in [-0.39, 0.29) is 11.3 Å². The normalized spacial score (nSPS) is 10.9. The molecule has 4 rings (SSSR count). The van der Waals surface area contributed by atoms with Crippen molar-refractivity contribution in [3.05, 3.63) is 76.0 Å². The number of benzene rings is 3. The lowest BCUT2D eigenvalue weighted by Crippen LogP contribution is -2.09. The van der Waals surface area contributed by atoms with Crippen LogP contribution in [0.5, 0.6) is 11.5 Å². The Morgan fingerprint density at radius 2 is 1.73 bits per heavy atom. The van der Waals surface area contributed by atoms with E-state index in [1.807, 2.05) is 43.3 Å². The van der Waals surface area contributed by atoms with Gasteiger partial charge in [-0.25, -0.2) is 0 Å². The summed E-state index contributed by atoms with van der Waals surface area (Å²) < 4.78 is 5.25. The van der Waals surface area contributed by atoms with Crippen LogP contribution in [0, 0.1) is 0 Å². The van der Waals surface area contributed by atoms with Crippen molar-refractivity contribution in [3.8, 4) is 33.8 Å². The summed E-state index contributed by atoms with van der Waals surface area (Å²) in [5.41, 5.74) is 3.60. The molecule has 4 aromatic rings. The zero-order chi connectivity index (χ0) is 21.4. The van der Waals surface area contributed by atoms with E-state index in [0.717, 1.165) is 16.8 Å². The van der Waals surface area contributed by atoms with Gasteiger partial charge < -0.3 is 19.7 Å². The second kappa shape index (κ2) is 7.76. The molecule has 0 atom stereocenters. The number of anilines is 1. The Balaban J connectivity index is 1.92. The maximum absolute atomic E-state index is 12.7. The molecule has 6 heteroatoms. The Bertz CT molecular complexity index is 1290. The molecule has 0 saturated carbocycles. The van der Waals surface area contributed by atoms with Crippen molar-refractivity contribution in [2.24, 2.45) is 0 Å². The number of aromatic hydroxyl groups is 1. The predicted octanol–water partition coefficient (Wildman–Crippen LogP) is 5.30. The van der Waals surface area contributed by atoms with Crippen LogP contribution in [0.15, 0.2) is 65.5 Å². The van der Waals surface area contributed by atoms with Crippen LogP contribution >= 0.6 is 11.6 Å². The Hall–Kier alpha value is -3.44. The topological polar surface area (TPSA) is 65.6 Å². The Kier molecular flexibility index (Phi) is 5.14. The molecule has 0 saturated heterocycles. The lowest BCUT2D eigenvalue weighted by Gasteiger charge is -2.14. The lowest BCUT2D eigenvalue weighted by atomic mass is 9.99. The van der Waals surface area contributed by atoms with Crippen LogP contribution < -0.4 is 15.2 Å². The van der Waals surface area contributed by atoms with Crippen molar-refractivity contribution in [3.63, 3.8) is 0 Å². The molecule has 1 aromatic heterocycles. The minimum atomic E-state index is -0.396. The molecule has 152 valence electrons. The highest BCUT2D eigenvalue weighted by atomic mass is 35.5. The number of fused-ring (bicyclic) bond motifs is 1. The van der Waals surface area contributed by atoms with E-state index in [0.29, 0.717) is 27.2 Å².